The normalized spacial score (nSPS) is 13.6. The van der Waals surface area contributed by atoms with Gasteiger partial charge < -0.3 is 10.1 Å². The van der Waals surface area contributed by atoms with E-state index in [2.05, 4.69) is 19.2 Å². The van der Waals surface area contributed by atoms with Gasteiger partial charge in [0.25, 0.3) is 0 Å². The SMILES string of the molecule is CCCCCC(C)NCC(=O)OC(C)(C)C. The highest BCUT2D eigenvalue weighted by molar-refractivity contribution is 5.72. The molecule has 0 saturated heterocycles. The highest BCUT2D eigenvalue weighted by atomic mass is 16.6. The molecular weight excluding hydrogens is 202 g/mol. The molecular formula is C13H27NO2. The van der Waals surface area contributed by atoms with E-state index in [1.165, 1.54) is 19.3 Å². The smallest absolute Gasteiger partial charge is 0.320 e. The molecule has 0 saturated carbocycles. The van der Waals surface area contributed by atoms with E-state index < -0.39 is 0 Å². The summed E-state index contributed by atoms with van der Waals surface area (Å²) in [5.41, 5.74) is -0.385. The van der Waals surface area contributed by atoms with E-state index in [0.717, 1.165) is 6.42 Å². The van der Waals surface area contributed by atoms with Crippen molar-refractivity contribution in [1.82, 2.24) is 5.32 Å². The van der Waals surface area contributed by atoms with Crippen LogP contribution in [0.25, 0.3) is 0 Å². The first-order chi connectivity index (χ1) is 7.35. The van der Waals surface area contributed by atoms with Crippen LogP contribution < -0.4 is 5.32 Å². The van der Waals surface area contributed by atoms with Crippen LogP contribution >= 0.6 is 0 Å². The van der Waals surface area contributed by atoms with Gasteiger partial charge in [-0.15, -0.1) is 0 Å². The van der Waals surface area contributed by atoms with Crippen LogP contribution in [0.2, 0.25) is 0 Å². The van der Waals surface area contributed by atoms with Gasteiger partial charge in [-0.3, -0.25) is 4.79 Å². The van der Waals surface area contributed by atoms with Crippen molar-refractivity contribution < 1.29 is 9.53 Å². The molecule has 0 radical (unpaired) electrons. The van der Waals surface area contributed by atoms with Gasteiger partial charge in [-0.2, -0.15) is 0 Å². The summed E-state index contributed by atoms with van der Waals surface area (Å²) in [5.74, 6) is -0.171. The third-order valence-corrected chi connectivity index (χ3v) is 2.26. The van der Waals surface area contributed by atoms with Gasteiger partial charge in [-0.25, -0.2) is 0 Å². The third-order valence-electron chi connectivity index (χ3n) is 2.26. The molecule has 0 aromatic rings. The zero-order chi connectivity index (χ0) is 12.6. The third kappa shape index (κ3) is 9.97. The molecule has 0 aromatic carbocycles. The molecule has 3 heteroatoms. The number of carbonyl (C=O) groups excluding carboxylic acids is 1. The lowest BCUT2D eigenvalue weighted by Crippen LogP contribution is -2.35. The minimum absolute atomic E-state index is 0.171. The molecule has 0 aliphatic rings. The van der Waals surface area contributed by atoms with Crippen molar-refractivity contribution in [2.75, 3.05) is 6.54 Å². The Bertz CT molecular complexity index is 197. The van der Waals surface area contributed by atoms with Gasteiger partial charge in [-0.05, 0) is 34.1 Å². The number of nitrogens with one attached hydrogen (secondary N) is 1. The van der Waals surface area contributed by atoms with Crippen LogP contribution in [0, 0.1) is 0 Å². The minimum Gasteiger partial charge on any atom is -0.459 e. The average molecular weight is 229 g/mol. The van der Waals surface area contributed by atoms with Gasteiger partial charge >= 0.3 is 5.97 Å². The van der Waals surface area contributed by atoms with Crippen molar-refractivity contribution in [3.05, 3.63) is 0 Å². The molecule has 0 heterocycles. The minimum atomic E-state index is -0.385. The average Bonchev–Trinajstić information content (AvgIpc) is 2.12. The zero-order valence-electron chi connectivity index (χ0n) is 11.4. The lowest BCUT2D eigenvalue weighted by Gasteiger charge is -2.20. The van der Waals surface area contributed by atoms with Gasteiger partial charge in [0, 0.05) is 6.04 Å². The fourth-order valence-electron chi connectivity index (χ4n) is 1.44. The maximum absolute atomic E-state index is 11.4. The van der Waals surface area contributed by atoms with Gasteiger partial charge in [0.2, 0.25) is 0 Å². The zero-order valence-corrected chi connectivity index (χ0v) is 11.4. The van der Waals surface area contributed by atoms with Crippen LogP contribution in [0.15, 0.2) is 0 Å². The fourth-order valence-corrected chi connectivity index (χ4v) is 1.44. The Morgan fingerprint density at radius 3 is 2.44 bits per heavy atom. The van der Waals surface area contributed by atoms with Crippen LogP contribution in [0.1, 0.15) is 60.3 Å². The van der Waals surface area contributed by atoms with Crippen molar-refractivity contribution in [2.24, 2.45) is 0 Å². The maximum Gasteiger partial charge on any atom is 0.320 e. The Morgan fingerprint density at radius 2 is 1.94 bits per heavy atom. The first kappa shape index (κ1) is 15.4. The second-order valence-corrected chi connectivity index (χ2v) is 5.36. The highest BCUT2D eigenvalue weighted by Crippen LogP contribution is 2.07. The summed E-state index contributed by atoms with van der Waals surface area (Å²) >= 11 is 0. The molecule has 0 spiro atoms. The van der Waals surface area contributed by atoms with Crippen LogP contribution in [0.5, 0.6) is 0 Å². The van der Waals surface area contributed by atoms with Crippen LogP contribution in [-0.4, -0.2) is 24.2 Å². The van der Waals surface area contributed by atoms with Crippen LogP contribution in [0.3, 0.4) is 0 Å². The predicted molar refractivity (Wildman–Crippen MR) is 67.5 cm³/mol. The molecule has 0 aliphatic carbocycles. The van der Waals surface area contributed by atoms with E-state index >= 15 is 0 Å². The van der Waals surface area contributed by atoms with Gasteiger partial charge in [0.1, 0.15) is 5.60 Å². The summed E-state index contributed by atoms with van der Waals surface area (Å²) in [7, 11) is 0. The number of carbonyl (C=O) groups is 1. The van der Waals surface area contributed by atoms with E-state index in [4.69, 9.17) is 4.74 Å². The van der Waals surface area contributed by atoms with Gasteiger partial charge in [-0.1, -0.05) is 26.2 Å². The Hall–Kier alpha value is -0.570. The van der Waals surface area contributed by atoms with Crippen LogP contribution in [0.4, 0.5) is 0 Å². The van der Waals surface area contributed by atoms with E-state index in [1.54, 1.807) is 0 Å². The Morgan fingerprint density at radius 1 is 1.31 bits per heavy atom. The number of unbranched alkanes of at least 4 members (excludes halogenated alkanes) is 2. The molecule has 0 amide bonds. The first-order valence-corrected chi connectivity index (χ1v) is 6.30. The van der Waals surface area contributed by atoms with Crippen molar-refractivity contribution in [3.63, 3.8) is 0 Å². The Kier molecular flexibility index (Phi) is 7.39. The first-order valence-electron chi connectivity index (χ1n) is 6.30. The summed E-state index contributed by atoms with van der Waals surface area (Å²) in [4.78, 5) is 11.4. The molecule has 0 aliphatic heterocycles. The van der Waals surface area contributed by atoms with Crippen molar-refractivity contribution in [2.45, 2.75) is 71.9 Å². The molecule has 96 valence electrons. The van der Waals surface area contributed by atoms with Crippen molar-refractivity contribution >= 4 is 5.97 Å². The number of hydrogen-bond donors (Lipinski definition) is 1. The summed E-state index contributed by atoms with van der Waals surface area (Å²) in [6.07, 6.45) is 4.84. The second-order valence-electron chi connectivity index (χ2n) is 5.36. The predicted octanol–water partition coefficient (Wildman–Crippen LogP) is 2.89. The van der Waals surface area contributed by atoms with E-state index in [1.807, 2.05) is 20.8 Å². The molecule has 0 bridgehead atoms. The number of esters is 1. The molecule has 0 fully saturated rings. The summed E-state index contributed by atoms with van der Waals surface area (Å²) in [6, 6.07) is 0.388. The molecule has 0 rings (SSSR count). The number of ether oxygens (including phenoxy) is 1. The summed E-state index contributed by atoms with van der Waals surface area (Å²) < 4.78 is 5.21. The Labute approximate surface area is 99.9 Å². The lowest BCUT2D eigenvalue weighted by atomic mass is 10.1. The quantitative estimate of drug-likeness (QED) is 0.539. The molecule has 1 N–H and O–H groups in total. The van der Waals surface area contributed by atoms with Crippen LogP contribution in [-0.2, 0) is 9.53 Å². The van der Waals surface area contributed by atoms with E-state index in [-0.39, 0.29) is 11.6 Å². The monoisotopic (exact) mass is 229 g/mol. The second kappa shape index (κ2) is 7.66. The number of hydrogen-bond acceptors (Lipinski definition) is 3. The molecule has 1 atom stereocenters. The summed E-state index contributed by atoms with van der Waals surface area (Å²) in [6.45, 7) is 10.3. The van der Waals surface area contributed by atoms with E-state index in [0.29, 0.717) is 12.6 Å². The standard InChI is InChI=1S/C13H27NO2/c1-6-7-8-9-11(2)14-10-12(15)16-13(3,4)5/h11,14H,6-10H2,1-5H3. The summed E-state index contributed by atoms with van der Waals surface area (Å²) in [5, 5.41) is 3.19. The van der Waals surface area contributed by atoms with Crippen molar-refractivity contribution in [3.8, 4) is 0 Å². The molecule has 3 nitrogen and oxygen atoms in total. The molecule has 0 aromatic heterocycles. The van der Waals surface area contributed by atoms with Gasteiger partial charge in [0.05, 0.1) is 6.54 Å². The van der Waals surface area contributed by atoms with Gasteiger partial charge in [0.15, 0.2) is 0 Å². The lowest BCUT2D eigenvalue weighted by molar-refractivity contribution is -0.153. The molecule has 16 heavy (non-hydrogen) atoms. The highest BCUT2D eigenvalue weighted by Gasteiger charge is 2.16. The Balaban J connectivity index is 3.59. The van der Waals surface area contributed by atoms with Crippen molar-refractivity contribution in [1.29, 1.82) is 0 Å². The largest absolute Gasteiger partial charge is 0.459 e. The maximum atomic E-state index is 11.4. The fraction of sp³-hybridized carbons (Fsp3) is 0.923. The topological polar surface area (TPSA) is 38.3 Å². The van der Waals surface area contributed by atoms with E-state index in [9.17, 15) is 4.79 Å². The number of rotatable bonds is 7. The molecule has 1 unspecified atom stereocenters.